The molecule has 2 amide bonds. The van der Waals surface area contributed by atoms with E-state index in [1.807, 2.05) is 44.3 Å². The minimum Gasteiger partial charge on any atom is -0.497 e. The average Bonchev–Trinajstić information content (AvgIpc) is 2.75. The number of anilines is 1. The van der Waals surface area contributed by atoms with Gasteiger partial charge in [-0.2, -0.15) is 0 Å². The summed E-state index contributed by atoms with van der Waals surface area (Å²) >= 11 is 5.97. The number of methoxy groups -OCH3 is 1. The molecule has 162 valence electrons. The molecular weight excluding hydrogens is 398 g/mol. The number of hydrogen-bond donors (Lipinski definition) is 1. The lowest BCUT2D eigenvalue weighted by atomic mass is 9.97. The number of nitrogens with zero attached hydrogens (tertiary/aromatic N) is 2. The number of aryl methyl sites for hydroxylation is 1. The maximum Gasteiger partial charge on any atom is 0.321 e. The predicted molar refractivity (Wildman–Crippen MR) is 124 cm³/mol. The van der Waals surface area contributed by atoms with Crippen LogP contribution in [0, 0.1) is 12.8 Å². The molecule has 0 unspecified atom stereocenters. The van der Waals surface area contributed by atoms with Gasteiger partial charge in [-0.1, -0.05) is 23.7 Å². The van der Waals surface area contributed by atoms with Crippen molar-refractivity contribution in [2.24, 2.45) is 5.92 Å². The van der Waals surface area contributed by atoms with Gasteiger partial charge in [0.1, 0.15) is 5.75 Å². The lowest BCUT2D eigenvalue weighted by Crippen LogP contribution is -2.43. The van der Waals surface area contributed by atoms with Gasteiger partial charge in [0.05, 0.1) is 7.11 Å². The highest BCUT2D eigenvalue weighted by atomic mass is 35.5. The molecule has 1 N–H and O–H groups in total. The first-order chi connectivity index (χ1) is 14.4. The maximum absolute atomic E-state index is 12.7. The van der Waals surface area contributed by atoms with Crippen molar-refractivity contribution in [3.63, 3.8) is 0 Å². The summed E-state index contributed by atoms with van der Waals surface area (Å²) in [7, 11) is 3.52. The third-order valence-electron chi connectivity index (χ3n) is 5.79. The van der Waals surface area contributed by atoms with E-state index in [4.69, 9.17) is 16.3 Å². The summed E-state index contributed by atoms with van der Waals surface area (Å²) in [6.45, 7) is 5.94. The maximum atomic E-state index is 12.7. The van der Waals surface area contributed by atoms with Crippen molar-refractivity contribution in [3.05, 3.63) is 58.6 Å². The zero-order valence-corrected chi connectivity index (χ0v) is 18.9. The number of piperidine rings is 1. The first-order valence-corrected chi connectivity index (χ1v) is 11.0. The summed E-state index contributed by atoms with van der Waals surface area (Å²) in [5, 5.41) is 3.80. The highest BCUT2D eigenvalue weighted by Gasteiger charge is 2.23. The molecule has 1 atom stereocenters. The number of likely N-dealkylation sites (tertiary alicyclic amines) is 1. The monoisotopic (exact) mass is 429 g/mol. The zero-order chi connectivity index (χ0) is 21.5. The van der Waals surface area contributed by atoms with E-state index in [1.54, 1.807) is 12.0 Å². The van der Waals surface area contributed by atoms with E-state index in [0.29, 0.717) is 5.92 Å². The third kappa shape index (κ3) is 6.38. The summed E-state index contributed by atoms with van der Waals surface area (Å²) in [5.41, 5.74) is 3.12. The lowest BCUT2D eigenvalue weighted by molar-refractivity contribution is 0.150. The predicted octanol–water partition coefficient (Wildman–Crippen LogP) is 5.08. The van der Waals surface area contributed by atoms with Gasteiger partial charge in [0.15, 0.2) is 0 Å². The number of amides is 2. The van der Waals surface area contributed by atoms with E-state index in [0.717, 1.165) is 61.0 Å². The van der Waals surface area contributed by atoms with E-state index >= 15 is 0 Å². The number of carbonyl (C=O) groups excluding carboxylic acids is 1. The first-order valence-electron chi connectivity index (χ1n) is 10.6. The van der Waals surface area contributed by atoms with E-state index in [9.17, 15) is 4.79 Å². The quantitative estimate of drug-likeness (QED) is 0.667. The van der Waals surface area contributed by atoms with E-state index in [-0.39, 0.29) is 6.03 Å². The second kappa shape index (κ2) is 10.7. The van der Waals surface area contributed by atoms with Crippen LogP contribution in [0.3, 0.4) is 0 Å². The Bertz CT molecular complexity index is 841. The van der Waals surface area contributed by atoms with Gasteiger partial charge in [0.25, 0.3) is 0 Å². The summed E-state index contributed by atoms with van der Waals surface area (Å²) in [6.07, 6.45) is 3.37. The highest BCUT2D eigenvalue weighted by Crippen LogP contribution is 2.22. The lowest BCUT2D eigenvalue weighted by Gasteiger charge is -2.34. The molecule has 1 heterocycles. The van der Waals surface area contributed by atoms with Gasteiger partial charge in [-0.15, -0.1) is 0 Å². The van der Waals surface area contributed by atoms with E-state index in [2.05, 4.69) is 22.3 Å². The molecule has 1 aliphatic rings. The Morgan fingerprint density at radius 1 is 1.27 bits per heavy atom. The molecule has 1 fully saturated rings. The largest absolute Gasteiger partial charge is 0.497 e. The molecule has 2 aromatic carbocycles. The van der Waals surface area contributed by atoms with Crippen molar-refractivity contribution >= 4 is 23.3 Å². The molecule has 1 aliphatic heterocycles. The fourth-order valence-corrected chi connectivity index (χ4v) is 4.15. The Labute approximate surface area is 185 Å². The van der Waals surface area contributed by atoms with Crippen LogP contribution in [0.4, 0.5) is 10.5 Å². The number of ether oxygens (including phenoxy) is 1. The van der Waals surface area contributed by atoms with E-state index in [1.165, 1.54) is 12.0 Å². The first kappa shape index (κ1) is 22.4. The molecule has 0 radical (unpaired) electrons. The van der Waals surface area contributed by atoms with Crippen LogP contribution < -0.4 is 10.1 Å². The number of carbonyl (C=O) groups is 1. The van der Waals surface area contributed by atoms with Crippen molar-refractivity contribution in [2.45, 2.75) is 26.2 Å². The van der Waals surface area contributed by atoms with Gasteiger partial charge in [-0.05, 0) is 80.1 Å². The van der Waals surface area contributed by atoms with Crippen LogP contribution in [-0.4, -0.2) is 56.2 Å². The summed E-state index contributed by atoms with van der Waals surface area (Å²) in [5.74, 6) is 1.29. The van der Waals surface area contributed by atoms with Crippen LogP contribution in [0.1, 0.15) is 24.0 Å². The molecule has 3 rings (SSSR count). The normalized spacial score (nSPS) is 16.9. The van der Waals surface area contributed by atoms with Gasteiger partial charge in [-0.25, -0.2) is 4.79 Å². The molecule has 1 saturated heterocycles. The van der Waals surface area contributed by atoms with Gasteiger partial charge < -0.3 is 19.9 Å². The van der Waals surface area contributed by atoms with Crippen molar-refractivity contribution in [1.82, 2.24) is 9.80 Å². The Morgan fingerprint density at radius 3 is 2.73 bits per heavy atom. The van der Waals surface area contributed by atoms with Gasteiger partial charge in [0.2, 0.25) is 0 Å². The Hall–Kier alpha value is -2.24. The van der Waals surface area contributed by atoms with Crippen LogP contribution in [-0.2, 0) is 6.42 Å². The Balaban J connectivity index is 1.47. The number of urea groups is 1. The number of halogens is 1. The van der Waals surface area contributed by atoms with Crippen molar-refractivity contribution in [1.29, 1.82) is 0 Å². The standard InChI is InChI=1S/C24H32ClN3O2/c1-18-15-22(30-3)10-11-23(18)26-24(29)27(2)16-20-5-4-13-28(17-20)14-12-19-6-8-21(25)9-7-19/h6-11,15,20H,4-5,12-14,16-17H2,1-3H3,(H,26,29)/t20-/m1/s1. The second-order valence-electron chi connectivity index (χ2n) is 8.18. The number of benzene rings is 2. The fraction of sp³-hybridized carbons (Fsp3) is 0.458. The SMILES string of the molecule is COc1ccc(NC(=O)N(C)C[C@H]2CCCN(CCc3ccc(Cl)cc3)C2)c(C)c1. The molecular formula is C24H32ClN3O2. The Morgan fingerprint density at radius 2 is 2.03 bits per heavy atom. The zero-order valence-electron chi connectivity index (χ0n) is 18.2. The van der Waals surface area contributed by atoms with Crippen LogP contribution in [0.25, 0.3) is 0 Å². The summed E-state index contributed by atoms with van der Waals surface area (Å²) in [6, 6.07) is 13.7. The van der Waals surface area contributed by atoms with E-state index < -0.39 is 0 Å². The fourth-order valence-electron chi connectivity index (χ4n) is 4.03. The van der Waals surface area contributed by atoms with Crippen molar-refractivity contribution in [2.75, 3.05) is 45.7 Å². The molecule has 0 aromatic heterocycles. The smallest absolute Gasteiger partial charge is 0.321 e. The minimum absolute atomic E-state index is 0.0680. The Kier molecular flexibility index (Phi) is 8.00. The highest BCUT2D eigenvalue weighted by molar-refractivity contribution is 6.30. The topological polar surface area (TPSA) is 44.8 Å². The molecule has 5 nitrogen and oxygen atoms in total. The molecule has 0 bridgehead atoms. The molecule has 30 heavy (non-hydrogen) atoms. The van der Waals surface area contributed by atoms with Crippen LogP contribution >= 0.6 is 11.6 Å². The second-order valence-corrected chi connectivity index (χ2v) is 8.61. The van der Waals surface area contributed by atoms with Crippen molar-refractivity contribution in [3.8, 4) is 5.75 Å². The van der Waals surface area contributed by atoms with Gasteiger partial charge >= 0.3 is 6.03 Å². The molecule has 0 spiro atoms. The summed E-state index contributed by atoms with van der Waals surface area (Å²) < 4.78 is 5.23. The number of hydrogen-bond acceptors (Lipinski definition) is 3. The molecule has 0 saturated carbocycles. The molecule has 2 aromatic rings. The minimum atomic E-state index is -0.0680. The number of rotatable bonds is 7. The average molecular weight is 430 g/mol. The van der Waals surface area contributed by atoms with Crippen LogP contribution in [0.2, 0.25) is 5.02 Å². The van der Waals surface area contributed by atoms with Crippen LogP contribution in [0.15, 0.2) is 42.5 Å². The van der Waals surface area contributed by atoms with Gasteiger partial charge in [-0.3, -0.25) is 0 Å². The molecule has 0 aliphatic carbocycles. The molecule has 6 heteroatoms. The number of nitrogens with one attached hydrogen (secondary N) is 1. The summed E-state index contributed by atoms with van der Waals surface area (Å²) in [4.78, 5) is 17.0. The van der Waals surface area contributed by atoms with Crippen LogP contribution in [0.5, 0.6) is 5.75 Å². The van der Waals surface area contributed by atoms with Crippen molar-refractivity contribution < 1.29 is 9.53 Å². The van der Waals surface area contributed by atoms with Gasteiger partial charge in [0, 0.05) is 37.4 Å². The third-order valence-corrected chi connectivity index (χ3v) is 6.04.